The molecule has 2 aliphatic heterocycles. The Bertz CT molecular complexity index is 1870. The molecule has 4 aromatic rings. The number of fused-ring (bicyclic) bond motifs is 1. The molecule has 0 radical (unpaired) electrons. The first-order valence-electron chi connectivity index (χ1n) is 19.2. The highest BCUT2D eigenvalue weighted by Crippen LogP contribution is 2.40. The summed E-state index contributed by atoms with van der Waals surface area (Å²) >= 11 is 0. The molecular formula is C44H53N3O8. The predicted octanol–water partition coefficient (Wildman–Crippen LogP) is 6.93. The van der Waals surface area contributed by atoms with Crippen molar-refractivity contribution >= 4 is 11.8 Å². The van der Waals surface area contributed by atoms with Gasteiger partial charge in [0.15, 0.2) is 17.8 Å². The van der Waals surface area contributed by atoms with Crippen LogP contribution in [0, 0.1) is 0 Å². The van der Waals surface area contributed by atoms with Gasteiger partial charge < -0.3 is 29.4 Å². The van der Waals surface area contributed by atoms with Crippen molar-refractivity contribution in [2.45, 2.75) is 89.6 Å². The SMILES string of the molecule is COc1cc2c(cc1OC)CN(C[C@H]1C[C@@H](c3ccc(CO)cc3)O[C@@H](c3ccc(-c4ccccc4CNC(=O)CCCCCCC(=O)NO)cc3)O1)CC2. The Morgan fingerprint density at radius 3 is 2.18 bits per heavy atom. The first kappa shape index (κ1) is 39.9. The fraction of sp³-hybridized carbons (Fsp3) is 0.409. The lowest BCUT2D eigenvalue weighted by Gasteiger charge is -2.39. The number of amides is 2. The van der Waals surface area contributed by atoms with E-state index in [1.54, 1.807) is 19.7 Å². The number of rotatable bonds is 17. The second kappa shape index (κ2) is 19.7. The number of methoxy groups -OCH3 is 2. The minimum atomic E-state index is -0.571. The van der Waals surface area contributed by atoms with Crippen LogP contribution in [-0.4, -0.2) is 60.4 Å². The van der Waals surface area contributed by atoms with Crippen molar-refractivity contribution in [3.05, 3.63) is 118 Å². The number of carbonyl (C=O) groups excluding carboxylic acids is 2. The van der Waals surface area contributed by atoms with Crippen molar-refractivity contribution in [3.8, 4) is 22.6 Å². The van der Waals surface area contributed by atoms with Gasteiger partial charge >= 0.3 is 0 Å². The monoisotopic (exact) mass is 751 g/mol. The number of hydrogen-bond donors (Lipinski definition) is 4. The van der Waals surface area contributed by atoms with Gasteiger partial charge in [0.2, 0.25) is 11.8 Å². The Labute approximate surface area is 323 Å². The van der Waals surface area contributed by atoms with E-state index in [0.29, 0.717) is 25.8 Å². The van der Waals surface area contributed by atoms with Crippen LogP contribution in [0.1, 0.15) is 90.7 Å². The van der Waals surface area contributed by atoms with Crippen molar-refractivity contribution in [2.24, 2.45) is 0 Å². The second-order valence-electron chi connectivity index (χ2n) is 14.3. The van der Waals surface area contributed by atoms with E-state index in [1.165, 1.54) is 11.1 Å². The van der Waals surface area contributed by atoms with Crippen LogP contribution in [0.4, 0.5) is 0 Å². The summed E-state index contributed by atoms with van der Waals surface area (Å²) in [6, 6.07) is 28.5. The summed E-state index contributed by atoms with van der Waals surface area (Å²) in [5, 5.41) is 21.3. The molecule has 0 unspecified atom stereocenters. The third kappa shape index (κ3) is 10.7. The standard InChI is InChI=1S/C44H53N3O8/c1-52-40-23-34-21-22-47(27-36(34)24-41(40)53-2)28-37-25-39(32-15-13-30(29-48)14-16-32)55-44(54-37)33-19-17-31(18-20-33)38-10-8-7-9-35(38)26-45-42(49)11-5-3-4-6-12-43(50)46-51/h7-10,13-20,23-24,37,39,44,48,51H,3-6,11-12,21-22,25-29H2,1-2H3,(H,45,49)(H,46,50)/t37-,39+,44+/m1/s1. The molecule has 4 aromatic carbocycles. The highest BCUT2D eigenvalue weighted by atomic mass is 16.7. The van der Waals surface area contributed by atoms with Gasteiger partial charge in [-0.1, -0.05) is 85.6 Å². The number of nitrogens with one attached hydrogen (secondary N) is 2. The topological polar surface area (TPSA) is 139 Å². The molecule has 55 heavy (non-hydrogen) atoms. The van der Waals surface area contributed by atoms with E-state index in [9.17, 15) is 14.7 Å². The Morgan fingerprint density at radius 2 is 1.49 bits per heavy atom. The first-order chi connectivity index (χ1) is 26.9. The maximum atomic E-state index is 12.6. The zero-order valence-corrected chi connectivity index (χ0v) is 31.8. The van der Waals surface area contributed by atoms with E-state index in [1.807, 2.05) is 42.5 Å². The Balaban J connectivity index is 1.11. The maximum absolute atomic E-state index is 12.6. The normalized spacial score (nSPS) is 18.3. The number of carbonyl (C=O) groups is 2. The first-order valence-corrected chi connectivity index (χ1v) is 19.2. The van der Waals surface area contributed by atoms with E-state index in [0.717, 1.165) is 90.2 Å². The lowest BCUT2D eigenvalue weighted by molar-refractivity contribution is -0.253. The number of hydrogen-bond acceptors (Lipinski definition) is 9. The molecule has 2 heterocycles. The van der Waals surface area contributed by atoms with Crippen LogP contribution < -0.4 is 20.3 Å². The molecule has 11 heteroatoms. The zero-order valence-electron chi connectivity index (χ0n) is 31.8. The van der Waals surface area contributed by atoms with Gasteiger partial charge in [0.1, 0.15) is 0 Å². The van der Waals surface area contributed by atoms with Crippen LogP contribution in [0.2, 0.25) is 0 Å². The number of aliphatic hydroxyl groups is 1. The van der Waals surface area contributed by atoms with E-state index in [2.05, 4.69) is 52.7 Å². The van der Waals surface area contributed by atoms with Gasteiger partial charge in [-0.05, 0) is 70.3 Å². The molecule has 1 fully saturated rings. The lowest BCUT2D eigenvalue weighted by Crippen LogP contribution is -2.41. The molecule has 1 saturated heterocycles. The molecule has 0 aliphatic carbocycles. The number of ether oxygens (including phenoxy) is 4. The Hall–Kier alpha value is -4.78. The van der Waals surface area contributed by atoms with Gasteiger partial charge in [-0.2, -0.15) is 0 Å². The van der Waals surface area contributed by atoms with Gasteiger partial charge in [-0.3, -0.25) is 19.7 Å². The van der Waals surface area contributed by atoms with Gasteiger partial charge in [-0.25, -0.2) is 5.48 Å². The Kier molecular flexibility index (Phi) is 14.3. The largest absolute Gasteiger partial charge is 0.493 e. The lowest BCUT2D eigenvalue weighted by atomic mass is 9.96. The number of aliphatic hydroxyl groups excluding tert-OH is 1. The van der Waals surface area contributed by atoms with Gasteiger partial charge in [0.05, 0.1) is 33.0 Å². The summed E-state index contributed by atoms with van der Waals surface area (Å²) in [4.78, 5) is 26.2. The average Bonchev–Trinajstić information content (AvgIpc) is 3.23. The van der Waals surface area contributed by atoms with Crippen molar-refractivity contribution in [2.75, 3.05) is 27.3 Å². The van der Waals surface area contributed by atoms with E-state index < -0.39 is 6.29 Å². The van der Waals surface area contributed by atoms with E-state index in [-0.39, 0.29) is 37.0 Å². The molecule has 4 N–H and O–H groups in total. The highest BCUT2D eigenvalue weighted by Gasteiger charge is 2.34. The fourth-order valence-electron chi connectivity index (χ4n) is 7.46. The predicted molar refractivity (Wildman–Crippen MR) is 208 cm³/mol. The molecule has 11 nitrogen and oxygen atoms in total. The minimum Gasteiger partial charge on any atom is -0.493 e. The molecule has 0 aromatic heterocycles. The molecule has 0 saturated carbocycles. The van der Waals surface area contributed by atoms with Crippen LogP contribution >= 0.6 is 0 Å². The number of hydroxylamine groups is 1. The third-order valence-electron chi connectivity index (χ3n) is 10.5. The molecule has 2 aliphatic rings. The maximum Gasteiger partial charge on any atom is 0.243 e. The summed E-state index contributed by atoms with van der Waals surface area (Å²) < 4.78 is 24.5. The Morgan fingerprint density at radius 1 is 0.818 bits per heavy atom. The van der Waals surface area contributed by atoms with Crippen molar-refractivity contribution in [1.82, 2.24) is 15.7 Å². The van der Waals surface area contributed by atoms with Gasteiger partial charge in [0.25, 0.3) is 0 Å². The van der Waals surface area contributed by atoms with Crippen LogP contribution in [-0.2, 0) is 45.2 Å². The second-order valence-corrected chi connectivity index (χ2v) is 14.3. The van der Waals surface area contributed by atoms with Crippen LogP contribution in [0.25, 0.3) is 11.1 Å². The number of unbranched alkanes of at least 4 members (excludes halogenated alkanes) is 3. The van der Waals surface area contributed by atoms with Gasteiger partial charge in [0, 0.05) is 51.0 Å². The molecule has 0 bridgehead atoms. The van der Waals surface area contributed by atoms with Crippen molar-refractivity contribution in [1.29, 1.82) is 0 Å². The third-order valence-corrected chi connectivity index (χ3v) is 10.5. The van der Waals surface area contributed by atoms with Crippen LogP contribution in [0.15, 0.2) is 84.9 Å². The zero-order chi connectivity index (χ0) is 38.6. The molecule has 2 amide bonds. The smallest absolute Gasteiger partial charge is 0.243 e. The average molecular weight is 752 g/mol. The molecule has 6 rings (SSSR count). The summed E-state index contributed by atoms with van der Waals surface area (Å²) in [6.45, 7) is 2.86. The quantitative estimate of drug-likeness (QED) is 0.0514. The minimum absolute atomic E-state index is 0.00585. The van der Waals surface area contributed by atoms with E-state index >= 15 is 0 Å². The fourth-order valence-corrected chi connectivity index (χ4v) is 7.46. The summed E-state index contributed by atoms with van der Waals surface area (Å²) in [7, 11) is 3.33. The van der Waals surface area contributed by atoms with Crippen molar-refractivity contribution in [3.63, 3.8) is 0 Å². The summed E-state index contributed by atoms with van der Waals surface area (Å²) in [5.41, 5.74) is 10.1. The van der Waals surface area contributed by atoms with Crippen LogP contribution in [0.5, 0.6) is 11.5 Å². The molecular weight excluding hydrogens is 698 g/mol. The summed E-state index contributed by atoms with van der Waals surface area (Å²) in [6.07, 6.45) is 4.58. The number of nitrogens with zero attached hydrogens (tertiary/aromatic N) is 1. The van der Waals surface area contributed by atoms with Gasteiger partial charge in [-0.15, -0.1) is 0 Å². The van der Waals surface area contributed by atoms with E-state index in [4.69, 9.17) is 24.2 Å². The van der Waals surface area contributed by atoms with Crippen molar-refractivity contribution < 1.29 is 38.9 Å². The number of benzene rings is 4. The van der Waals surface area contributed by atoms with Crippen LogP contribution in [0.3, 0.4) is 0 Å². The highest BCUT2D eigenvalue weighted by molar-refractivity contribution is 5.76. The molecule has 0 spiro atoms. The molecule has 292 valence electrons. The summed E-state index contributed by atoms with van der Waals surface area (Å²) in [5.74, 6) is 1.10. The molecule has 3 atom stereocenters.